The van der Waals surface area contributed by atoms with Crippen molar-refractivity contribution >= 4 is 23.7 Å². The molecular weight excluding hydrogens is 571 g/mol. The van der Waals surface area contributed by atoms with Crippen molar-refractivity contribution in [2.75, 3.05) is 32.2 Å². The number of amides is 1. The smallest absolute Gasteiger partial charge is 0.410 e. The van der Waals surface area contributed by atoms with Crippen molar-refractivity contribution in [3.8, 4) is 11.8 Å². The zero-order valence-corrected chi connectivity index (χ0v) is 25.3. The van der Waals surface area contributed by atoms with Crippen LogP contribution in [0.1, 0.15) is 45.1 Å². The molecular formula is C32H35FN4O7. The minimum atomic E-state index is -1.10. The van der Waals surface area contributed by atoms with Gasteiger partial charge in [-0.25, -0.2) is 18.8 Å². The van der Waals surface area contributed by atoms with Crippen LogP contribution in [-0.4, -0.2) is 61.9 Å². The van der Waals surface area contributed by atoms with Gasteiger partial charge in [0.15, 0.2) is 5.82 Å². The number of carbonyl (C=O) groups excluding carboxylic acids is 3. The van der Waals surface area contributed by atoms with Gasteiger partial charge in [-0.3, -0.25) is 4.90 Å². The number of nitrogens with zero attached hydrogens (tertiary/aromatic N) is 3. The van der Waals surface area contributed by atoms with Gasteiger partial charge in [0.05, 0.1) is 37.4 Å². The molecule has 2 aliphatic rings. The summed E-state index contributed by atoms with van der Waals surface area (Å²) in [5, 5.41) is 10.3. The number of piperidine rings is 1. The molecule has 1 unspecified atom stereocenters. The molecule has 1 fully saturated rings. The zero-order valence-electron chi connectivity index (χ0n) is 25.3. The second-order valence-electron chi connectivity index (χ2n) is 11.2. The number of likely N-dealkylation sites (tertiary alicyclic amines) is 1. The minimum Gasteiger partial charge on any atom is -0.488 e. The van der Waals surface area contributed by atoms with Gasteiger partial charge in [0.1, 0.15) is 34.7 Å². The summed E-state index contributed by atoms with van der Waals surface area (Å²) in [6.45, 7) is 6.04. The van der Waals surface area contributed by atoms with Crippen molar-refractivity contribution < 1.29 is 37.7 Å². The summed E-state index contributed by atoms with van der Waals surface area (Å²) < 4.78 is 37.7. The van der Waals surface area contributed by atoms with E-state index in [-0.39, 0.29) is 28.4 Å². The third kappa shape index (κ3) is 6.46. The second kappa shape index (κ2) is 13.1. The molecule has 4 rings (SSSR count). The Labute approximate surface area is 255 Å². The number of allylic oxidation sites excluding steroid dienone is 1. The lowest BCUT2D eigenvalue weighted by Crippen LogP contribution is -2.44. The first-order valence-electron chi connectivity index (χ1n) is 14.0. The molecule has 232 valence electrons. The number of carbonyl (C=O) groups is 3. The molecule has 44 heavy (non-hydrogen) atoms. The maximum atomic E-state index is 15.8. The molecule has 0 saturated carbocycles. The van der Waals surface area contributed by atoms with Crippen LogP contribution >= 0.6 is 0 Å². The summed E-state index contributed by atoms with van der Waals surface area (Å²) in [6.07, 6.45) is -0.0588. The molecule has 11 nitrogen and oxygen atoms in total. The first-order valence-corrected chi connectivity index (χ1v) is 14.0. The van der Waals surface area contributed by atoms with Gasteiger partial charge in [-0.15, -0.1) is 0 Å². The lowest BCUT2D eigenvalue weighted by atomic mass is 9.81. The van der Waals surface area contributed by atoms with Gasteiger partial charge in [0.25, 0.3) is 0 Å². The van der Waals surface area contributed by atoms with Gasteiger partial charge >= 0.3 is 18.0 Å². The lowest BCUT2D eigenvalue weighted by Gasteiger charge is -2.37. The highest BCUT2D eigenvalue weighted by molar-refractivity contribution is 6.06. The van der Waals surface area contributed by atoms with E-state index in [1.165, 1.54) is 12.1 Å². The SMILES string of the molecule is COC(=O)C1=C(C(=O)OC)N(c2c(F)cccc2OC2CCN(C(=O)OC(C)(C)C)CC2)C(N)=C(C#N)C1c1ccccc1. The Morgan fingerprint density at radius 2 is 1.61 bits per heavy atom. The number of nitrogens with two attached hydrogens (primary N) is 1. The van der Waals surface area contributed by atoms with Crippen LogP contribution in [0.4, 0.5) is 14.9 Å². The van der Waals surface area contributed by atoms with Crippen LogP contribution in [-0.2, 0) is 23.8 Å². The molecule has 2 aromatic carbocycles. The second-order valence-corrected chi connectivity index (χ2v) is 11.2. The van der Waals surface area contributed by atoms with Gasteiger partial charge in [-0.2, -0.15) is 5.26 Å². The quantitative estimate of drug-likeness (QED) is 0.369. The van der Waals surface area contributed by atoms with Crippen molar-refractivity contribution in [2.24, 2.45) is 5.73 Å². The molecule has 1 amide bonds. The summed E-state index contributed by atoms with van der Waals surface area (Å²) in [7, 11) is 2.24. The van der Waals surface area contributed by atoms with Crippen LogP contribution in [0.5, 0.6) is 5.75 Å². The maximum Gasteiger partial charge on any atom is 0.410 e. The summed E-state index contributed by atoms with van der Waals surface area (Å²) >= 11 is 0. The molecule has 0 aliphatic carbocycles. The predicted molar refractivity (Wildman–Crippen MR) is 157 cm³/mol. The summed E-state index contributed by atoms with van der Waals surface area (Å²) in [4.78, 5) is 41.8. The largest absolute Gasteiger partial charge is 0.488 e. The molecule has 2 N–H and O–H groups in total. The predicted octanol–water partition coefficient (Wildman–Crippen LogP) is 4.50. The van der Waals surface area contributed by atoms with Gasteiger partial charge in [0, 0.05) is 25.9 Å². The van der Waals surface area contributed by atoms with Crippen molar-refractivity contribution in [1.29, 1.82) is 5.26 Å². The molecule has 1 atom stereocenters. The molecule has 2 aliphatic heterocycles. The summed E-state index contributed by atoms with van der Waals surface area (Å²) in [5.74, 6) is -4.16. The fourth-order valence-corrected chi connectivity index (χ4v) is 5.22. The monoisotopic (exact) mass is 606 g/mol. The van der Waals surface area contributed by atoms with Crippen LogP contribution in [0, 0.1) is 17.1 Å². The zero-order chi connectivity index (χ0) is 32.2. The molecule has 0 radical (unpaired) electrons. The number of rotatable bonds is 6. The number of hydrogen-bond donors (Lipinski definition) is 1. The van der Waals surface area contributed by atoms with Crippen LogP contribution in [0.15, 0.2) is 71.2 Å². The fraction of sp³-hybridized carbons (Fsp3) is 0.375. The Morgan fingerprint density at radius 3 is 2.18 bits per heavy atom. The molecule has 1 saturated heterocycles. The first kappa shape index (κ1) is 31.9. The van der Waals surface area contributed by atoms with E-state index in [0.717, 1.165) is 25.2 Å². The van der Waals surface area contributed by atoms with E-state index < -0.39 is 47.2 Å². The van der Waals surface area contributed by atoms with Crippen molar-refractivity contribution in [1.82, 2.24) is 4.90 Å². The van der Waals surface area contributed by atoms with Crippen LogP contribution in [0.2, 0.25) is 0 Å². The Kier molecular flexibility index (Phi) is 9.47. The number of halogens is 1. The Morgan fingerprint density at radius 1 is 0.977 bits per heavy atom. The van der Waals surface area contributed by atoms with E-state index in [0.29, 0.717) is 31.5 Å². The number of benzene rings is 2. The molecule has 0 bridgehead atoms. The van der Waals surface area contributed by atoms with Crippen molar-refractivity contribution in [3.05, 3.63) is 82.6 Å². The molecule has 12 heteroatoms. The van der Waals surface area contributed by atoms with Gasteiger partial charge < -0.3 is 29.6 Å². The Balaban J connectivity index is 1.80. The molecule has 0 spiro atoms. The van der Waals surface area contributed by atoms with E-state index in [9.17, 15) is 19.6 Å². The lowest BCUT2D eigenvalue weighted by molar-refractivity contribution is -0.139. The maximum absolute atomic E-state index is 15.8. The van der Waals surface area contributed by atoms with E-state index in [4.69, 9.17) is 24.7 Å². The molecule has 2 heterocycles. The van der Waals surface area contributed by atoms with E-state index >= 15 is 4.39 Å². The topological polar surface area (TPSA) is 144 Å². The third-order valence-corrected chi connectivity index (χ3v) is 7.17. The molecule has 2 aromatic rings. The summed E-state index contributed by atoms with van der Waals surface area (Å²) in [5.41, 5.74) is 5.33. The Hall–Kier alpha value is -5.05. The number of anilines is 1. The van der Waals surface area contributed by atoms with Crippen LogP contribution in [0.25, 0.3) is 0 Å². The highest BCUT2D eigenvalue weighted by Gasteiger charge is 2.44. The van der Waals surface area contributed by atoms with Crippen molar-refractivity contribution in [3.63, 3.8) is 0 Å². The average Bonchev–Trinajstić information content (AvgIpc) is 3.00. The molecule has 0 aromatic heterocycles. The highest BCUT2D eigenvalue weighted by Crippen LogP contribution is 2.46. The van der Waals surface area contributed by atoms with Crippen molar-refractivity contribution in [2.45, 2.75) is 51.2 Å². The van der Waals surface area contributed by atoms with Gasteiger partial charge in [-0.05, 0) is 38.5 Å². The first-order chi connectivity index (χ1) is 20.9. The number of esters is 2. The fourth-order valence-electron chi connectivity index (χ4n) is 5.22. The van der Waals surface area contributed by atoms with E-state index in [2.05, 4.69) is 0 Å². The van der Waals surface area contributed by atoms with Crippen LogP contribution < -0.4 is 15.4 Å². The number of ether oxygens (including phenoxy) is 4. The van der Waals surface area contributed by atoms with E-state index in [1.807, 2.05) is 6.07 Å². The van der Waals surface area contributed by atoms with E-state index in [1.54, 1.807) is 56.0 Å². The Bertz CT molecular complexity index is 1530. The minimum absolute atomic E-state index is 0.00439. The highest BCUT2D eigenvalue weighted by atomic mass is 19.1. The van der Waals surface area contributed by atoms with Crippen LogP contribution in [0.3, 0.4) is 0 Å². The third-order valence-electron chi connectivity index (χ3n) is 7.17. The number of nitriles is 1. The van der Waals surface area contributed by atoms with Gasteiger partial charge in [0.2, 0.25) is 0 Å². The summed E-state index contributed by atoms with van der Waals surface area (Å²) in [6, 6.07) is 14.6. The normalized spacial score (nSPS) is 17.6. The average molecular weight is 607 g/mol. The number of para-hydroxylation sites is 1. The standard InChI is InChI=1S/C32H35FN4O7/c1-32(2,3)44-31(40)36-16-14-20(15-17-36)43-23-13-9-12-22(33)26(23)37-27(30(39)42-5)25(29(38)41-4)24(21(18-34)28(37)35)19-10-7-6-8-11-19/h6-13,20,24H,14-17,35H2,1-5H3. The number of methoxy groups -OCH3 is 2. The van der Waals surface area contributed by atoms with Gasteiger partial charge in [-0.1, -0.05) is 36.4 Å². The number of hydrogen-bond acceptors (Lipinski definition) is 10.